The minimum Gasteiger partial charge on any atom is -0.508 e. The number of aryl methyl sites for hydroxylation is 1. The molecule has 164 valence electrons. The number of fused-ring (bicyclic) bond motifs is 1. The number of ketones is 1. The monoisotopic (exact) mass is 432 g/mol. The van der Waals surface area contributed by atoms with E-state index >= 15 is 0 Å². The molecular formula is C25H24N2O5. The van der Waals surface area contributed by atoms with Crippen LogP contribution < -0.4 is 14.8 Å². The minimum absolute atomic E-state index is 0.00720. The second kappa shape index (κ2) is 7.75. The molecule has 0 spiro atoms. The zero-order valence-corrected chi connectivity index (χ0v) is 18.1. The summed E-state index contributed by atoms with van der Waals surface area (Å²) in [5.41, 5.74) is 4.96. The molecule has 2 N–H and O–H groups in total. The largest absolute Gasteiger partial charge is 0.508 e. The van der Waals surface area contributed by atoms with E-state index in [1.807, 2.05) is 37.3 Å². The molecule has 32 heavy (non-hydrogen) atoms. The summed E-state index contributed by atoms with van der Waals surface area (Å²) < 4.78 is 16.8. The van der Waals surface area contributed by atoms with E-state index in [9.17, 15) is 9.90 Å². The number of ether oxygens (including phenoxy) is 2. The lowest BCUT2D eigenvalue weighted by Gasteiger charge is -2.35. The quantitative estimate of drug-likeness (QED) is 0.619. The Morgan fingerprint density at radius 3 is 2.59 bits per heavy atom. The molecule has 7 heteroatoms. The number of Topliss-reactive ketones (excluding diaryl/α,β-unsaturated/α-hetero) is 1. The highest BCUT2D eigenvalue weighted by atomic mass is 16.5. The molecule has 0 saturated carbocycles. The minimum atomic E-state index is -0.370. The fraction of sp³-hybridized carbons (Fsp3) is 0.280. The number of anilines is 1. The Morgan fingerprint density at radius 1 is 1.09 bits per heavy atom. The van der Waals surface area contributed by atoms with Gasteiger partial charge in [-0.05, 0) is 43.0 Å². The van der Waals surface area contributed by atoms with Gasteiger partial charge in [0.15, 0.2) is 17.3 Å². The number of carbonyl (C=O) groups is 1. The van der Waals surface area contributed by atoms with Gasteiger partial charge in [0.2, 0.25) is 5.88 Å². The maximum atomic E-state index is 13.6. The summed E-state index contributed by atoms with van der Waals surface area (Å²) in [5.74, 6) is 1.66. The van der Waals surface area contributed by atoms with Crippen molar-refractivity contribution in [2.75, 3.05) is 19.5 Å². The van der Waals surface area contributed by atoms with Crippen LogP contribution in [0.2, 0.25) is 0 Å². The first-order valence-corrected chi connectivity index (χ1v) is 10.5. The number of hydrogen-bond donors (Lipinski definition) is 2. The van der Waals surface area contributed by atoms with Gasteiger partial charge < -0.3 is 24.4 Å². The number of phenolic OH excluding ortho intramolecular Hbond substituents is 1. The summed E-state index contributed by atoms with van der Waals surface area (Å²) in [4.78, 5) is 13.6. The molecule has 0 amide bonds. The molecule has 5 rings (SSSR count). The Labute approximate surface area is 185 Å². The van der Waals surface area contributed by atoms with Gasteiger partial charge in [-0.2, -0.15) is 0 Å². The number of hydrogen-bond acceptors (Lipinski definition) is 7. The SMILES string of the molecule is COc1cccc([C@@H]2C3=C(C[C@H](c4ccc(O)cc4)CC3=O)Nc3onc(C)c32)c1OC. The van der Waals surface area contributed by atoms with Gasteiger partial charge in [0.25, 0.3) is 0 Å². The highest BCUT2D eigenvalue weighted by Crippen LogP contribution is 2.51. The Morgan fingerprint density at radius 2 is 1.88 bits per heavy atom. The van der Waals surface area contributed by atoms with Gasteiger partial charge in [-0.3, -0.25) is 4.79 Å². The van der Waals surface area contributed by atoms with Crippen LogP contribution in [-0.2, 0) is 4.79 Å². The van der Waals surface area contributed by atoms with Gasteiger partial charge >= 0.3 is 0 Å². The molecule has 0 bridgehead atoms. The number of para-hydroxylation sites is 1. The smallest absolute Gasteiger partial charge is 0.233 e. The Balaban J connectivity index is 1.66. The van der Waals surface area contributed by atoms with Gasteiger partial charge in [-0.1, -0.05) is 29.4 Å². The van der Waals surface area contributed by atoms with Crippen LogP contribution in [0.4, 0.5) is 5.88 Å². The second-order valence-electron chi connectivity index (χ2n) is 8.16. The van der Waals surface area contributed by atoms with E-state index in [1.165, 1.54) is 0 Å². The van der Waals surface area contributed by atoms with Crippen LogP contribution in [0, 0.1) is 6.92 Å². The number of aromatic nitrogens is 1. The number of phenols is 1. The molecule has 2 atom stereocenters. The summed E-state index contributed by atoms with van der Waals surface area (Å²) in [5, 5.41) is 17.1. The fourth-order valence-corrected chi connectivity index (χ4v) is 4.90. The fourth-order valence-electron chi connectivity index (χ4n) is 4.90. The second-order valence-corrected chi connectivity index (χ2v) is 8.16. The average molecular weight is 432 g/mol. The van der Waals surface area contributed by atoms with Crippen LogP contribution in [0.3, 0.4) is 0 Å². The molecule has 2 aliphatic rings. The zero-order chi connectivity index (χ0) is 22.4. The normalized spacial score (nSPS) is 19.8. The first kappa shape index (κ1) is 20.2. The van der Waals surface area contributed by atoms with Crippen LogP contribution in [0.15, 0.2) is 58.3 Å². The van der Waals surface area contributed by atoms with E-state index in [-0.39, 0.29) is 23.4 Å². The molecule has 1 aromatic heterocycles. The Kier molecular flexibility index (Phi) is 4.89. The van der Waals surface area contributed by atoms with Crippen molar-refractivity contribution in [1.82, 2.24) is 5.16 Å². The van der Waals surface area contributed by atoms with Crippen molar-refractivity contribution in [3.8, 4) is 17.2 Å². The predicted molar refractivity (Wildman–Crippen MR) is 118 cm³/mol. The van der Waals surface area contributed by atoms with E-state index in [1.54, 1.807) is 26.4 Å². The lowest BCUT2D eigenvalue weighted by Crippen LogP contribution is -2.29. The summed E-state index contributed by atoms with van der Waals surface area (Å²) in [6.07, 6.45) is 1.03. The number of allylic oxidation sites excluding steroid dienone is 2. The first-order chi connectivity index (χ1) is 15.5. The van der Waals surface area contributed by atoms with E-state index < -0.39 is 0 Å². The van der Waals surface area contributed by atoms with Gasteiger partial charge in [0.05, 0.1) is 31.4 Å². The van der Waals surface area contributed by atoms with E-state index in [0.717, 1.165) is 28.1 Å². The number of rotatable bonds is 4. The third-order valence-electron chi connectivity index (χ3n) is 6.37. The maximum Gasteiger partial charge on any atom is 0.233 e. The number of nitrogens with one attached hydrogen (secondary N) is 1. The predicted octanol–water partition coefficient (Wildman–Crippen LogP) is 4.66. The number of nitrogens with zero attached hydrogens (tertiary/aromatic N) is 1. The topological polar surface area (TPSA) is 93.8 Å². The van der Waals surface area contributed by atoms with E-state index in [0.29, 0.717) is 35.8 Å². The van der Waals surface area contributed by atoms with Crippen LogP contribution in [0.5, 0.6) is 17.2 Å². The third kappa shape index (κ3) is 3.12. The molecule has 0 radical (unpaired) electrons. The molecule has 7 nitrogen and oxygen atoms in total. The van der Waals surface area contributed by atoms with Crippen molar-refractivity contribution in [2.24, 2.45) is 0 Å². The Hall–Kier alpha value is -3.74. The molecule has 2 heterocycles. The number of methoxy groups -OCH3 is 2. The number of carbonyl (C=O) groups excluding carboxylic acids is 1. The van der Waals surface area contributed by atoms with E-state index in [2.05, 4.69) is 10.5 Å². The molecule has 0 unspecified atom stereocenters. The highest BCUT2D eigenvalue weighted by Gasteiger charge is 2.42. The zero-order valence-electron chi connectivity index (χ0n) is 18.1. The first-order valence-electron chi connectivity index (χ1n) is 10.5. The van der Waals surface area contributed by atoms with Gasteiger partial charge in [0, 0.05) is 23.3 Å². The molecule has 0 fully saturated rings. The highest BCUT2D eigenvalue weighted by molar-refractivity contribution is 6.01. The summed E-state index contributed by atoms with van der Waals surface area (Å²) in [6.45, 7) is 1.88. The van der Waals surface area contributed by atoms with Gasteiger partial charge in [-0.25, -0.2) is 0 Å². The lowest BCUT2D eigenvalue weighted by atomic mass is 9.72. The van der Waals surface area contributed by atoms with Gasteiger partial charge in [0.1, 0.15) is 5.75 Å². The standard InChI is InChI=1S/C25H24N2O5/c1-13-21-22(17-5-4-6-20(30-2)24(17)31-3)23-18(26-25(21)32-27-13)11-15(12-19(23)29)14-7-9-16(28)10-8-14/h4-10,15,22,26,28H,11-12H2,1-3H3/t15-,22-/m0/s1. The van der Waals surface area contributed by atoms with Crippen molar-refractivity contribution in [1.29, 1.82) is 0 Å². The summed E-state index contributed by atoms with van der Waals surface area (Å²) >= 11 is 0. The molecule has 1 aliphatic heterocycles. The van der Waals surface area contributed by atoms with Crippen LogP contribution in [0.25, 0.3) is 0 Å². The molecular weight excluding hydrogens is 408 g/mol. The van der Waals surface area contributed by atoms with Crippen LogP contribution >= 0.6 is 0 Å². The van der Waals surface area contributed by atoms with Crippen molar-refractivity contribution in [2.45, 2.75) is 31.6 Å². The molecule has 1 aliphatic carbocycles. The maximum absolute atomic E-state index is 13.6. The lowest BCUT2D eigenvalue weighted by molar-refractivity contribution is -0.116. The van der Waals surface area contributed by atoms with Gasteiger partial charge in [-0.15, -0.1) is 0 Å². The van der Waals surface area contributed by atoms with Crippen LogP contribution in [-0.4, -0.2) is 30.3 Å². The van der Waals surface area contributed by atoms with Crippen molar-refractivity contribution in [3.05, 3.63) is 76.1 Å². The van der Waals surface area contributed by atoms with Crippen LogP contribution in [0.1, 0.15) is 47.1 Å². The number of aromatic hydroxyl groups is 1. The Bertz CT molecular complexity index is 1230. The summed E-state index contributed by atoms with van der Waals surface area (Å²) in [6, 6.07) is 12.7. The van der Waals surface area contributed by atoms with Crippen molar-refractivity contribution < 1.29 is 23.9 Å². The summed E-state index contributed by atoms with van der Waals surface area (Å²) in [7, 11) is 3.20. The number of benzene rings is 2. The third-order valence-corrected chi connectivity index (χ3v) is 6.37. The van der Waals surface area contributed by atoms with Crippen molar-refractivity contribution >= 4 is 11.7 Å². The molecule has 3 aromatic rings. The average Bonchev–Trinajstić information content (AvgIpc) is 3.17. The molecule has 2 aromatic carbocycles. The van der Waals surface area contributed by atoms with E-state index in [4.69, 9.17) is 14.0 Å². The van der Waals surface area contributed by atoms with Crippen molar-refractivity contribution in [3.63, 3.8) is 0 Å². The molecule has 0 saturated heterocycles.